The predicted molar refractivity (Wildman–Crippen MR) is 68.4 cm³/mol. The minimum atomic E-state index is -4.69. The molecule has 0 N–H and O–H groups in total. The molecular formula is C12H18F3NO2S. The number of rotatable bonds is 2. The monoisotopic (exact) mass is 297 g/mol. The van der Waals surface area contributed by atoms with Crippen LogP contribution in [0.3, 0.4) is 0 Å². The SMILES string of the molecule is CC.Cc1ccc(S(=O)(=O)N(C)C)c(C(F)(F)F)c1. The number of hydrogen-bond acceptors (Lipinski definition) is 2. The molecule has 0 aromatic heterocycles. The highest BCUT2D eigenvalue weighted by Crippen LogP contribution is 2.35. The van der Waals surface area contributed by atoms with E-state index < -0.39 is 26.7 Å². The highest BCUT2D eigenvalue weighted by atomic mass is 32.2. The van der Waals surface area contributed by atoms with Crippen molar-refractivity contribution in [3.8, 4) is 0 Å². The van der Waals surface area contributed by atoms with E-state index in [2.05, 4.69) is 0 Å². The topological polar surface area (TPSA) is 37.4 Å². The summed E-state index contributed by atoms with van der Waals surface area (Å²) in [5, 5.41) is 0. The van der Waals surface area contributed by atoms with Crippen LogP contribution in [0.4, 0.5) is 13.2 Å². The number of halogens is 3. The van der Waals surface area contributed by atoms with Crippen LogP contribution in [-0.4, -0.2) is 26.8 Å². The van der Waals surface area contributed by atoms with Crippen LogP contribution in [0.5, 0.6) is 0 Å². The lowest BCUT2D eigenvalue weighted by Crippen LogP contribution is -2.25. The Balaban J connectivity index is 0.00000154. The van der Waals surface area contributed by atoms with Crippen molar-refractivity contribution in [1.82, 2.24) is 4.31 Å². The van der Waals surface area contributed by atoms with Gasteiger partial charge in [-0.2, -0.15) is 13.2 Å². The number of hydrogen-bond donors (Lipinski definition) is 0. The molecule has 110 valence electrons. The third-order valence-corrected chi connectivity index (χ3v) is 4.07. The molecule has 0 spiro atoms. The third kappa shape index (κ3) is 4.21. The van der Waals surface area contributed by atoms with Crippen molar-refractivity contribution >= 4 is 10.0 Å². The van der Waals surface area contributed by atoms with Gasteiger partial charge in [-0.1, -0.05) is 25.5 Å². The summed E-state index contributed by atoms with van der Waals surface area (Å²) in [6.07, 6.45) is -4.69. The van der Waals surface area contributed by atoms with Crippen molar-refractivity contribution in [2.24, 2.45) is 0 Å². The molecule has 0 fully saturated rings. The van der Waals surface area contributed by atoms with Crippen molar-refractivity contribution in [2.75, 3.05) is 14.1 Å². The molecular weight excluding hydrogens is 279 g/mol. The number of nitrogens with zero attached hydrogens (tertiary/aromatic N) is 1. The highest BCUT2D eigenvalue weighted by molar-refractivity contribution is 7.89. The summed E-state index contributed by atoms with van der Waals surface area (Å²) in [5.41, 5.74) is -0.777. The second-order valence-electron chi connectivity index (χ2n) is 3.78. The fourth-order valence-electron chi connectivity index (χ4n) is 1.29. The Morgan fingerprint density at radius 2 is 1.58 bits per heavy atom. The minimum Gasteiger partial charge on any atom is -0.207 e. The van der Waals surface area contributed by atoms with E-state index in [0.717, 1.165) is 16.4 Å². The summed E-state index contributed by atoms with van der Waals surface area (Å²) in [5.74, 6) is 0. The van der Waals surface area contributed by atoms with Crippen molar-refractivity contribution in [3.63, 3.8) is 0 Å². The number of alkyl halides is 3. The van der Waals surface area contributed by atoms with E-state index >= 15 is 0 Å². The molecule has 7 heteroatoms. The van der Waals surface area contributed by atoms with Gasteiger partial charge in [-0.05, 0) is 19.1 Å². The quantitative estimate of drug-likeness (QED) is 0.840. The maximum Gasteiger partial charge on any atom is 0.417 e. The van der Waals surface area contributed by atoms with Gasteiger partial charge in [-0.15, -0.1) is 0 Å². The van der Waals surface area contributed by atoms with Crippen molar-refractivity contribution < 1.29 is 21.6 Å². The van der Waals surface area contributed by atoms with Crippen LogP contribution in [-0.2, 0) is 16.2 Å². The Labute approximate surface area is 112 Å². The molecule has 0 aliphatic rings. The predicted octanol–water partition coefficient (Wildman–Crippen LogP) is 3.29. The molecule has 1 rings (SSSR count). The summed E-state index contributed by atoms with van der Waals surface area (Å²) < 4.78 is 62.4. The number of aryl methyl sites for hydroxylation is 1. The minimum absolute atomic E-state index is 0.357. The summed E-state index contributed by atoms with van der Waals surface area (Å²) in [7, 11) is -1.71. The Morgan fingerprint density at radius 1 is 1.11 bits per heavy atom. The average molecular weight is 297 g/mol. The Hall–Kier alpha value is -1.08. The first-order valence-electron chi connectivity index (χ1n) is 5.67. The van der Waals surface area contributed by atoms with Gasteiger partial charge in [0.25, 0.3) is 0 Å². The van der Waals surface area contributed by atoms with E-state index in [9.17, 15) is 21.6 Å². The normalized spacial score (nSPS) is 12.1. The molecule has 0 aliphatic carbocycles. The number of benzene rings is 1. The Bertz CT molecular complexity index is 522. The van der Waals surface area contributed by atoms with E-state index in [1.807, 2.05) is 13.8 Å². The maximum atomic E-state index is 12.7. The summed E-state index contributed by atoms with van der Waals surface area (Å²) in [6, 6.07) is 3.15. The molecule has 0 bridgehead atoms. The van der Waals surface area contributed by atoms with E-state index in [1.54, 1.807) is 0 Å². The Morgan fingerprint density at radius 3 is 1.95 bits per heavy atom. The highest BCUT2D eigenvalue weighted by Gasteiger charge is 2.37. The van der Waals surface area contributed by atoms with Crippen molar-refractivity contribution in [1.29, 1.82) is 0 Å². The van der Waals surface area contributed by atoms with E-state index in [1.165, 1.54) is 27.1 Å². The van der Waals surface area contributed by atoms with Crippen LogP contribution in [0.25, 0.3) is 0 Å². The van der Waals surface area contributed by atoms with Gasteiger partial charge in [0.15, 0.2) is 0 Å². The van der Waals surface area contributed by atoms with Gasteiger partial charge in [0.05, 0.1) is 10.5 Å². The molecule has 0 atom stereocenters. The summed E-state index contributed by atoms with van der Waals surface area (Å²) >= 11 is 0. The van der Waals surface area contributed by atoms with Gasteiger partial charge in [-0.3, -0.25) is 0 Å². The molecule has 0 heterocycles. The molecule has 0 saturated heterocycles. The van der Waals surface area contributed by atoms with Crippen LogP contribution < -0.4 is 0 Å². The largest absolute Gasteiger partial charge is 0.417 e. The van der Waals surface area contributed by atoms with Crippen molar-refractivity contribution in [2.45, 2.75) is 31.8 Å². The van der Waals surface area contributed by atoms with Gasteiger partial charge in [0.1, 0.15) is 0 Å². The Kier molecular flexibility index (Phi) is 6.02. The zero-order valence-corrected chi connectivity index (χ0v) is 12.4. The first kappa shape index (κ1) is 17.9. The van der Waals surface area contributed by atoms with E-state index in [4.69, 9.17) is 0 Å². The van der Waals surface area contributed by atoms with Crippen LogP contribution in [0.2, 0.25) is 0 Å². The summed E-state index contributed by atoms with van der Waals surface area (Å²) in [4.78, 5) is -0.722. The zero-order valence-electron chi connectivity index (χ0n) is 11.5. The van der Waals surface area contributed by atoms with Gasteiger partial charge in [0, 0.05) is 14.1 Å². The van der Waals surface area contributed by atoms with Crippen LogP contribution in [0.1, 0.15) is 25.0 Å². The van der Waals surface area contributed by atoms with Crippen LogP contribution >= 0.6 is 0 Å². The molecule has 1 aromatic rings. The van der Waals surface area contributed by atoms with Crippen molar-refractivity contribution in [3.05, 3.63) is 29.3 Å². The van der Waals surface area contributed by atoms with E-state index in [-0.39, 0.29) is 0 Å². The molecule has 0 amide bonds. The fraction of sp³-hybridized carbons (Fsp3) is 0.500. The molecule has 1 aromatic carbocycles. The second-order valence-corrected chi connectivity index (χ2v) is 5.91. The van der Waals surface area contributed by atoms with Gasteiger partial charge < -0.3 is 0 Å². The maximum absolute atomic E-state index is 12.7. The molecule has 0 saturated carbocycles. The van der Waals surface area contributed by atoms with Crippen LogP contribution in [0.15, 0.2) is 23.1 Å². The average Bonchev–Trinajstić information content (AvgIpc) is 2.30. The third-order valence-electron chi connectivity index (χ3n) is 2.20. The molecule has 0 aliphatic heterocycles. The molecule has 0 unspecified atom stereocenters. The first-order chi connectivity index (χ1) is 8.56. The zero-order chi connectivity index (χ0) is 15.4. The van der Waals surface area contributed by atoms with Gasteiger partial charge in [0.2, 0.25) is 10.0 Å². The number of sulfonamides is 1. The second kappa shape index (κ2) is 6.38. The lowest BCUT2D eigenvalue weighted by atomic mass is 10.1. The molecule has 0 radical (unpaired) electrons. The molecule has 19 heavy (non-hydrogen) atoms. The van der Waals surface area contributed by atoms with E-state index in [0.29, 0.717) is 5.56 Å². The van der Waals surface area contributed by atoms with Crippen LogP contribution in [0, 0.1) is 6.92 Å². The first-order valence-corrected chi connectivity index (χ1v) is 7.11. The standard InChI is InChI=1S/C10H12F3NO2S.C2H6/c1-7-4-5-9(17(15,16)14(2)3)8(6-7)10(11,12)13;1-2/h4-6H,1-3H3;1-2H3. The lowest BCUT2D eigenvalue weighted by Gasteiger charge is -2.17. The summed E-state index contributed by atoms with van der Waals surface area (Å²) in [6.45, 7) is 5.47. The van der Waals surface area contributed by atoms with Gasteiger partial charge >= 0.3 is 6.18 Å². The smallest absolute Gasteiger partial charge is 0.207 e. The molecule has 3 nitrogen and oxygen atoms in total. The fourth-order valence-corrected chi connectivity index (χ4v) is 2.37. The van der Waals surface area contributed by atoms with Gasteiger partial charge in [-0.25, -0.2) is 12.7 Å². The lowest BCUT2D eigenvalue weighted by molar-refractivity contribution is -0.140.